The summed E-state index contributed by atoms with van der Waals surface area (Å²) in [6.07, 6.45) is 0. The number of carbonyl (C=O) groups is 2. The molecule has 1 aliphatic rings. The van der Waals surface area contributed by atoms with Crippen LogP contribution in [0.5, 0.6) is 0 Å². The Kier molecular flexibility index (Phi) is 4.74. The van der Waals surface area contributed by atoms with Crippen LogP contribution in [0, 0.1) is 0 Å². The third-order valence-corrected chi connectivity index (χ3v) is 3.46. The van der Waals surface area contributed by atoms with Gasteiger partial charge in [0, 0.05) is 31.7 Å². The van der Waals surface area contributed by atoms with E-state index in [0.717, 1.165) is 13.1 Å². The largest absolute Gasteiger partial charge is 0.355 e. The predicted octanol–water partition coefficient (Wildman–Crippen LogP) is 0.888. The van der Waals surface area contributed by atoms with E-state index in [4.69, 9.17) is 0 Å². The van der Waals surface area contributed by atoms with Gasteiger partial charge in [0.1, 0.15) is 0 Å². The van der Waals surface area contributed by atoms with E-state index in [1.807, 2.05) is 32.0 Å². The van der Waals surface area contributed by atoms with Crippen molar-refractivity contribution >= 4 is 11.8 Å². The fourth-order valence-corrected chi connectivity index (χ4v) is 2.36. The van der Waals surface area contributed by atoms with E-state index >= 15 is 0 Å². The van der Waals surface area contributed by atoms with Gasteiger partial charge in [-0.25, -0.2) is 0 Å². The minimum atomic E-state index is -0.120. The summed E-state index contributed by atoms with van der Waals surface area (Å²) >= 11 is 0. The van der Waals surface area contributed by atoms with Gasteiger partial charge >= 0.3 is 0 Å². The molecule has 2 amide bonds. The first kappa shape index (κ1) is 14.5. The van der Waals surface area contributed by atoms with Gasteiger partial charge in [-0.05, 0) is 37.1 Å². The van der Waals surface area contributed by atoms with E-state index in [0.29, 0.717) is 18.7 Å². The molecule has 0 aromatic heterocycles. The van der Waals surface area contributed by atoms with Crippen LogP contribution in [0.1, 0.15) is 35.3 Å². The van der Waals surface area contributed by atoms with Gasteiger partial charge in [0.2, 0.25) is 5.91 Å². The summed E-state index contributed by atoms with van der Waals surface area (Å²) in [6.45, 7) is 6.62. The number of hydrogen-bond donors (Lipinski definition) is 2. The second-order valence-corrected chi connectivity index (χ2v) is 4.86. The summed E-state index contributed by atoms with van der Waals surface area (Å²) in [5.41, 5.74) is 3.07. The summed E-state index contributed by atoms with van der Waals surface area (Å²) in [7, 11) is 0. The lowest BCUT2D eigenvalue weighted by molar-refractivity contribution is -0.121. The van der Waals surface area contributed by atoms with Gasteiger partial charge in [-0.2, -0.15) is 0 Å². The normalized spacial score (nSPS) is 12.9. The molecule has 5 nitrogen and oxygen atoms in total. The van der Waals surface area contributed by atoms with Gasteiger partial charge in [-0.15, -0.1) is 0 Å². The molecule has 0 spiro atoms. The molecule has 5 heteroatoms. The highest BCUT2D eigenvalue weighted by molar-refractivity contribution is 5.96. The summed E-state index contributed by atoms with van der Waals surface area (Å²) in [5.74, 6) is -0.209. The van der Waals surface area contributed by atoms with E-state index in [1.165, 1.54) is 11.1 Å². The molecule has 0 saturated carbocycles. The topological polar surface area (TPSA) is 61.4 Å². The molecule has 108 valence electrons. The van der Waals surface area contributed by atoms with Crippen LogP contribution in [0.15, 0.2) is 18.2 Å². The Morgan fingerprint density at radius 3 is 2.70 bits per heavy atom. The Labute approximate surface area is 119 Å². The molecule has 0 saturated heterocycles. The molecule has 0 atom stereocenters. The third-order valence-electron chi connectivity index (χ3n) is 3.46. The van der Waals surface area contributed by atoms with Crippen LogP contribution < -0.4 is 10.6 Å². The molecule has 1 aromatic rings. The quantitative estimate of drug-likeness (QED) is 0.839. The van der Waals surface area contributed by atoms with Gasteiger partial charge in [0.05, 0.1) is 6.54 Å². The molecule has 0 bridgehead atoms. The first-order valence-corrected chi connectivity index (χ1v) is 7.04. The van der Waals surface area contributed by atoms with Crippen LogP contribution in [0.4, 0.5) is 0 Å². The Balaban J connectivity index is 2.10. The zero-order valence-electron chi connectivity index (χ0n) is 12.0. The highest BCUT2D eigenvalue weighted by atomic mass is 16.2. The number of amides is 2. The summed E-state index contributed by atoms with van der Waals surface area (Å²) < 4.78 is 0. The number of carbonyl (C=O) groups excluding carboxylic acids is 2. The monoisotopic (exact) mass is 275 g/mol. The van der Waals surface area contributed by atoms with Crippen molar-refractivity contribution in [1.29, 1.82) is 0 Å². The Hall–Kier alpha value is -1.88. The molecule has 1 aromatic carbocycles. The Morgan fingerprint density at radius 1 is 1.25 bits per heavy atom. The van der Waals surface area contributed by atoms with Crippen molar-refractivity contribution in [1.82, 2.24) is 15.5 Å². The summed E-state index contributed by atoms with van der Waals surface area (Å²) in [4.78, 5) is 25.6. The Bertz CT molecular complexity index is 514. The third kappa shape index (κ3) is 3.17. The van der Waals surface area contributed by atoms with Gasteiger partial charge in [0.25, 0.3) is 5.91 Å². The standard InChI is InChI=1S/C15H21N3O2/c1-3-17-14(19)10-18(4-2)15(20)11-5-6-12-8-16-9-13(12)7-11/h5-7,16H,3-4,8-10H2,1-2H3,(H,17,19). The van der Waals surface area contributed by atoms with Crippen LogP contribution >= 0.6 is 0 Å². The average molecular weight is 275 g/mol. The van der Waals surface area contributed by atoms with Gasteiger partial charge < -0.3 is 15.5 Å². The molecule has 2 rings (SSSR count). The molecular weight excluding hydrogens is 254 g/mol. The highest BCUT2D eigenvalue weighted by Gasteiger charge is 2.19. The molecular formula is C15H21N3O2. The number of nitrogens with zero attached hydrogens (tertiary/aromatic N) is 1. The molecule has 0 radical (unpaired) electrons. The minimum absolute atomic E-state index is 0.0894. The van der Waals surface area contributed by atoms with Crippen molar-refractivity contribution < 1.29 is 9.59 Å². The fraction of sp³-hybridized carbons (Fsp3) is 0.467. The lowest BCUT2D eigenvalue weighted by Gasteiger charge is -2.20. The maximum atomic E-state index is 12.4. The second-order valence-electron chi connectivity index (χ2n) is 4.86. The molecule has 1 heterocycles. The van der Waals surface area contributed by atoms with Crippen LogP contribution in [0.2, 0.25) is 0 Å². The number of hydrogen-bond acceptors (Lipinski definition) is 3. The van der Waals surface area contributed by atoms with Crippen LogP contribution in [0.3, 0.4) is 0 Å². The van der Waals surface area contributed by atoms with Crippen molar-refractivity contribution in [3.05, 3.63) is 34.9 Å². The van der Waals surface area contributed by atoms with Crippen LogP contribution in [-0.2, 0) is 17.9 Å². The van der Waals surface area contributed by atoms with Crippen LogP contribution in [0.25, 0.3) is 0 Å². The van der Waals surface area contributed by atoms with Crippen molar-refractivity contribution in [3.8, 4) is 0 Å². The first-order valence-electron chi connectivity index (χ1n) is 7.04. The first-order chi connectivity index (χ1) is 9.65. The smallest absolute Gasteiger partial charge is 0.254 e. The average Bonchev–Trinajstić information content (AvgIpc) is 2.91. The number of likely N-dealkylation sites (N-methyl/N-ethyl adjacent to an activating group) is 2. The maximum absolute atomic E-state index is 12.4. The molecule has 20 heavy (non-hydrogen) atoms. The second kappa shape index (κ2) is 6.52. The highest BCUT2D eigenvalue weighted by Crippen LogP contribution is 2.18. The van der Waals surface area contributed by atoms with E-state index < -0.39 is 0 Å². The molecule has 0 unspecified atom stereocenters. The number of nitrogens with one attached hydrogen (secondary N) is 2. The van der Waals surface area contributed by atoms with E-state index in [1.54, 1.807) is 4.90 Å². The number of fused-ring (bicyclic) bond motifs is 1. The molecule has 2 N–H and O–H groups in total. The summed E-state index contributed by atoms with van der Waals surface area (Å²) in [5, 5.41) is 5.97. The van der Waals surface area contributed by atoms with E-state index in [-0.39, 0.29) is 18.4 Å². The predicted molar refractivity (Wildman–Crippen MR) is 77.2 cm³/mol. The van der Waals surface area contributed by atoms with Crippen molar-refractivity contribution in [2.24, 2.45) is 0 Å². The van der Waals surface area contributed by atoms with Crippen molar-refractivity contribution in [2.75, 3.05) is 19.6 Å². The molecule has 0 fully saturated rings. The van der Waals surface area contributed by atoms with Crippen molar-refractivity contribution in [3.63, 3.8) is 0 Å². The van der Waals surface area contributed by atoms with Crippen LogP contribution in [-0.4, -0.2) is 36.3 Å². The number of benzene rings is 1. The fourth-order valence-electron chi connectivity index (χ4n) is 2.36. The summed E-state index contributed by atoms with van der Waals surface area (Å²) in [6, 6.07) is 5.76. The van der Waals surface area contributed by atoms with E-state index in [2.05, 4.69) is 10.6 Å². The van der Waals surface area contributed by atoms with Crippen molar-refractivity contribution in [2.45, 2.75) is 26.9 Å². The minimum Gasteiger partial charge on any atom is -0.355 e. The Morgan fingerprint density at radius 2 is 2.00 bits per heavy atom. The zero-order valence-corrected chi connectivity index (χ0v) is 12.0. The number of rotatable bonds is 5. The van der Waals surface area contributed by atoms with E-state index in [9.17, 15) is 9.59 Å². The maximum Gasteiger partial charge on any atom is 0.254 e. The van der Waals surface area contributed by atoms with Gasteiger partial charge in [-0.1, -0.05) is 6.07 Å². The SMILES string of the molecule is CCNC(=O)CN(CC)C(=O)c1ccc2c(c1)CNC2. The lowest BCUT2D eigenvalue weighted by atomic mass is 10.1. The van der Waals surface area contributed by atoms with Gasteiger partial charge in [0.15, 0.2) is 0 Å². The lowest BCUT2D eigenvalue weighted by Crippen LogP contribution is -2.40. The van der Waals surface area contributed by atoms with Gasteiger partial charge in [-0.3, -0.25) is 9.59 Å². The molecule has 0 aliphatic carbocycles. The zero-order chi connectivity index (χ0) is 14.5. The molecule has 1 aliphatic heterocycles.